The Morgan fingerprint density at radius 2 is 1.63 bits per heavy atom. The van der Waals surface area contributed by atoms with Gasteiger partial charge in [-0.25, -0.2) is 0 Å². The summed E-state index contributed by atoms with van der Waals surface area (Å²) < 4.78 is -1.35. The van der Waals surface area contributed by atoms with Crippen molar-refractivity contribution in [3.05, 3.63) is 10.1 Å². The average Bonchev–Trinajstić information content (AvgIpc) is 2.57. The number of fused-ring (bicyclic) bond motifs is 2. The zero-order chi connectivity index (χ0) is 14.5. The fraction of sp³-hybridized carbons (Fsp3) is 0.846. The van der Waals surface area contributed by atoms with Crippen LogP contribution in [0.2, 0.25) is 0 Å². The van der Waals surface area contributed by atoms with E-state index in [9.17, 15) is 0 Å². The fourth-order valence-corrected chi connectivity index (χ4v) is 6.03. The molecule has 0 aromatic rings. The maximum Gasteiger partial charge on any atom is 0.166 e. The SMILES string of the molecule is CCCCCCC1CC2(Cl)C(Cl)=C(Cl)C1(Cl)C2(Cl)Cl. The van der Waals surface area contributed by atoms with Crippen molar-refractivity contribution in [3.63, 3.8) is 0 Å². The number of rotatable bonds is 5. The van der Waals surface area contributed by atoms with Crippen molar-refractivity contribution >= 4 is 69.6 Å². The molecule has 0 aromatic carbocycles. The van der Waals surface area contributed by atoms with Gasteiger partial charge in [0, 0.05) is 0 Å². The lowest BCUT2D eigenvalue weighted by Crippen LogP contribution is -2.44. The largest absolute Gasteiger partial charge is 0.166 e. The van der Waals surface area contributed by atoms with E-state index in [0.29, 0.717) is 16.5 Å². The molecule has 2 rings (SSSR count). The van der Waals surface area contributed by atoms with Crippen LogP contribution in [0.3, 0.4) is 0 Å². The summed E-state index contributed by atoms with van der Waals surface area (Å²) in [6.07, 6.45) is 6.14. The quantitative estimate of drug-likeness (QED) is 0.360. The number of hydrogen-bond donors (Lipinski definition) is 0. The minimum absolute atomic E-state index is 0.0634. The van der Waals surface area contributed by atoms with Gasteiger partial charge >= 0.3 is 0 Å². The number of alkyl halides is 4. The zero-order valence-electron chi connectivity index (χ0n) is 10.6. The molecular weight excluding hydrogens is 369 g/mol. The monoisotopic (exact) mass is 382 g/mol. The summed E-state index contributed by atoms with van der Waals surface area (Å²) in [5, 5.41) is 0.628. The molecule has 0 saturated heterocycles. The summed E-state index contributed by atoms with van der Waals surface area (Å²) in [5.74, 6) is 0.0634. The number of unbranched alkanes of at least 4 members (excludes halogenated alkanes) is 3. The third-order valence-corrected chi connectivity index (χ3v) is 8.64. The van der Waals surface area contributed by atoms with Crippen LogP contribution in [0.1, 0.15) is 45.4 Å². The molecule has 0 heterocycles. The van der Waals surface area contributed by atoms with Gasteiger partial charge in [-0.15, -0.1) is 23.2 Å². The Bertz CT molecular complexity index is 404. The Hall–Kier alpha value is 1.48. The number of allylic oxidation sites excluding steroid dienone is 2. The van der Waals surface area contributed by atoms with Crippen molar-refractivity contribution in [2.45, 2.75) is 59.5 Å². The maximum atomic E-state index is 6.68. The van der Waals surface area contributed by atoms with Crippen LogP contribution < -0.4 is 0 Å². The van der Waals surface area contributed by atoms with Crippen molar-refractivity contribution in [2.75, 3.05) is 0 Å². The van der Waals surface area contributed by atoms with Crippen LogP contribution in [0.15, 0.2) is 10.1 Å². The van der Waals surface area contributed by atoms with Crippen molar-refractivity contribution in [1.29, 1.82) is 0 Å². The van der Waals surface area contributed by atoms with Gasteiger partial charge in [0.1, 0.15) is 9.75 Å². The van der Waals surface area contributed by atoms with E-state index in [1.165, 1.54) is 19.3 Å². The molecule has 6 heteroatoms. The minimum atomic E-state index is -1.35. The fourth-order valence-electron chi connectivity index (χ4n) is 3.15. The molecule has 2 bridgehead atoms. The highest BCUT2D eigenvalue weighted by Gasteiger charge is 2.77. The highest BCUT2D eigenvalue weighted by atomic mass is 35.5. The average molecular weight is 385 g/mol. The molecule has 19 heavy (non-hydrogen) atoms. The molecule has 2 aliphatic rings. The molecule has 0 N–H and O–H groups in total. The lowest BCUT2D eigenvalue weighted by atomic mass is 9.87. The van der Waals surface area contributed by atoms with E-state index in [1.54, 1.807) is 0 Å². The molecule has 0 amide bonds. The summed E-state index contributed by atoms with van der Waals surface area (Å²) in [4.78, 5) is -2.10. The van der Waals surface area contributed by atoms with E-state index >= 15 is 0 Å². The van der Waals surface area contributed by atoms with Crippen LogP contribution in [0.5, 0.6) is 0 Å². The van der Waals surface area contributed by atoms with E-state index in [-0.39, 0.29) is 5.92 Å². The summed E-state index contributed by atoms with van der Waals surface area (Å²) >= 11 is 38.5. The van der Waals surface area contributed by atoms with E-state index in [2.05, 4.69) is 6.92 Å². The van der Waals surface area contributed by atoms with Gasteiger partial charge in [-0.3, -0.25) is 0 Å². The van der Waals surface area contributed by atoms with Crippen LogP contribution in [-0.2, 0) is 0 Å². The smallest absolute Gasteiger partial charge is 0.110 e. The molecule has 2 aliphatic carbocycles. The Morgan fingerprint density at radius 1 is 1.00 bits per heavy atom. The predicted octanol–water partition coefficient (Wildman–Crippen LogP) is 6.81. The predicted molar refractivity (Wildman–Crippen MR) is 87.2 cm³/mol. The molecule has 0 nitrogen and oxygen atoms in total. The van der Waals surface area contributed by atoms with Crippen LogP contribution in [0, 0.1) is 5.92 Å². The summed E-state index contributed by atoms with van der Waals surface area (Å²) in [7, 11) is 0. The van der Waals surface area contributed by atoms with Gasteiger partial charge < -0.3 is 0 Å². The molecule has 0 radical (unpaired) electrons. The first-order valence-electron chi connectivity index (χ1n) is 6.55. The third kappa shape index (κ3) is 2.16. The molecule has 3 atom stereocenters. The second-order valence-corrected chi connectivity index (χ2v) is 8.79. The van der Waals surface area contributed by atoms with Crippen LogP contribution in [0.4, 0.5) is 0 Å². The molecule has 0 spiro atoms. The normalized spacial score (nSPS) is 40.3. The van der Waals surface area contributed by atoms with Crippen LogP contribution in [-0.4, -0.2) is 14.1 Å². The van der Waals surface area contributed by atoms with E-state index in [1.807, 2.05) is 0 Å². The van der Waals surface area contributed by atoms with Crippen LogP contribution >= 0.6 is 69.6 Å². The van der Waals surface area contributed by atoms with Gasteiger partial charge in [0.05, 0.1) is 10.1 Å². The number of halogens is 6. The highest BCUT2D eigenvalue weighted by molar-refractivity contribution is 6.65. The topological polar surface area (TPSA) is 0 Å². The van der Waals surface area contributed by atoms with Gasteiger partial charge in [-0.05, 0) is 18.8 Å². The maximum absolute atomic E-state index is 6.68. The molecule has 110 valence electrons. The second-order valence-electron chi connectivity index (χ2n) is 5.47. The Morgan fingerprint density at radius 3 is 2.11 bits per heavy atom. The summed E-state index contributed by atoms with van der Waals surface area (Å²) in [6.45, 7) is 2.18. The van der Waals surface area contributed by atoms with E-state index < -0.39 is 14.1 Å². The zero-order valence-corrected chi connectivity index (χ0v) is 15.1. The van der Waals surface area contributed by atoms with Gasteiger partial charge in [0.25, 0.3) is 0 Å². The van der Waals surface area contributed by atoms with Crippen LogP contribution in [0.25, 0.3) is 0 Å². The molecule has 3 unspecified atom stereocenters. The third-order valence-electron chi connectivity index (χ3n) is 4.31. The first-order valence-corrected chi connectivity index (χ1v) is 8.82. The van der Waals surface area contributed by atoms with Crippen molar-refractivity contribution in [1.82, 2.24) is 0 Å². The van der Waals surface area contributed by atoms with E-state index in [0.717, 1.165) is 12.8 Å². The molecule has 1 saturated carbocycles. The lowest BCUT2D eigenvalue weighted by molar-refractivity contribution is 0.409. The first kappa shape index (κ1) is 16.8. The summed E-state index contributed by atoms with van der Waals surface area (Å²) in [5.41, 5.74) is 0. The Balaban J connectivity index is 2.19. The molecule has 1 fully saturated rings. The van der Waals surface area contributed by atoms with Gasteiger partial charge in [-0.1, -0.05) is 79.0 Å². The van der Waals surface area contributed by atoms with Crippen molar-refractivity contribution in [2.24, 2.45) is 5.92 Å². The molecular formula is C13H16Cl6. The number of hydrogen-bond acceptors (Lipinski definition) is 0. The van der Waals surface area contributed by atoms with E-state index in [4.69, 9.17) is 69.6 Å². The standard InChI is InChI=1S/C13H16Cl6/c1-2-3-4-5-6-8-7-11(16)9(14)10(15)12(8,17)13(11,18)19/h8H,2-7H2,1H3. The highest BCUT2D eigenvalue weighted by Crippen LogP contribution is 2.74. The van der Waals surface area contributed by atoms with Crippen molar-refractivity contribution in [3.8, 4) is 0 Å². The van der Waals surface area contributed by atoms with Gasteiger partial charge in [0.15, 0.2) is 4.33 Å². The molecule has 0 aromatic heterocycles. The first-order chi connectivity index (χ1) is 8.73. The van der Waals surface area contributed by atoms with Gasteiger partial charge in [0.2, 0.25) is 0 Å². The van der Waals surface area contributed by atoms with Crippen molar-refractivity contribution < 1.29 is 0 Å². The Kier molecular flexibility index (Phi) is 4.96. The summed E-state index contributed by atoms with van der Waals surface area (Å²) in [6, 6.07) is 0. The van der Waals surface area contributed by atoms with Gasteiger partial charge in [-0.2, -0.15) is 0 Å². The molecule has 0 aliphatic heterocycles. The Labute approximate surface area is 144 Å². The second kappa shape index (κ2) is 5.60. The minimum Gasteiger partial charge on any atom is -0.110 e. The lowest BCUT2D eigenvalue weighted by Gasteiger charge is -2.33.